The summed E-state index contributed by atoms with van der Waals surface area (Å²) in [6.07, 6.45) is 3.22. The van der Waals surface area contributed by atoms with Crippen molar-refractivity contribution in [2.75, 3.05) is 11.9 Å². The van der Waals surface area contributed by atoms with Crippen LogP contribution in [0.1, 0.15) is 29.6 Å². The minimum Gasteiger partial charge on any atom is -0.480 e. The SMILES string of the molecule is CN(c1ccccc1)c1ccc(C(=O)NC2(C(=O)O)CCC2)cn1. The largest absolute Gasteiger partial charge is 0.480 e. The molecule has 2 aromatic rings. The van der Waals surface area contributed by atoms with Crippen LogP contribution in [-0.2, 0) is 4.79 Å². The van der Waals surface area contributed by atoms with E-state index in [4.69, 9.17) is 0 Å². The number of anilines is 2. The Labute approximate surface area is 140 Å². The van der Waals surface area contributed by atoms with Crippen LogP contribution in [0.4, 0.5) is 11.5 Å². The van der Waals surface area contributed by atoms with E-state index in [1.807, 2.05) is 42.3 Å². The highest BCUT2D eigenvalue weighted by Gasteiger charge is 2.45. The fraction of sp³-hybridized carbons (Fsp3) is 0.278. The van der Waals surface area contributed by atoms with Gasteiger partial charge in [-0.05, 0) is 43.5 Å². The van der Waals surface area contributed by atoms with Gasteiger partial charge in [-0.3, -0.25) is 4.79 Å². The van der Waals surface area contributed by atoms with Crippen molar-refractivity contribution in [1.82, 2.24) is 10.3 Å². The monoisotopic (exact) mass is 325 g/mol. The highest BCUT2D eigenvalue weighted by Crippen LogP contribution is 2.32. The summed E-state index contributed by atoms with van der Waals surface area (Å²) in [6, 6.07) is 13.2. The second-order valence-electron chi connectivity index (χ2n) is 5.99. The van der Waals surface area contributed by atoms with E-state index in [2.05, 4.69) is 10.3 Å². The normalized spacial score (nSPS) is 15.2. The number of amides is 1. The lowest BCUT2D eigenvalue weighted by atomic mass is 9.76. The first-order valence-corrected chi connectivity index (χ1v) is 7.83. The lowest BCUT2D eigenvalue weighted by Crippen LogP contribution is -2.59. The molecule has 0 atom stereocenters. The van der Waals surface area contributed by atoms with Crippen LogP contribution in [0.5, 0.6) is 0 Å². The zero-order valence-electron chi connectivity index (χ0n) is 13.4. The molecule has 1 aromatic carbocycles. The number of aliphatic carboxylic acids is 1. The van der Waals surface area contributed by atoms with Gasteiger partial charge in [0.1, 0.15) is 11.4 Å². The molecule has 6 heteroatoms. The second-order valence-corrected chi connectivity index (χ2v) is 5.99. The number of rotatable bonds is 5. The first-order chi connectivity index (χ1) is 11.5. The maximum Gasteiger partial charge on any atom is 0.329 e. The highest BCUT2D eigenvalue weighted by molar-refractivity contribution is 5.98. The van der Waals surface area contributed by atoms with E-state index in [9.17, 15) is 14.7 Å². The van der Waals surface area contributed by atoms with E-state index in [0.717, 1.165) is 12.1 Å². The molecule has 1 aliphatic rings. The second kappa shape index (κ2) is 6.31. The van der Waals surface area contributed by atoms with E-state index in [0.29, 0.717) is 24.2 Å². The van der Waals surface area contributed by atoms with Crippen LogP contribution in [0.25, 0.3) is 0 Å². The van der Waals surface area contributed by atoms with E-state index >= 15 is 0 Å². The quantitative estimate of drug-likeness (QED) is 0.883. The minimum absolute atomic E-state index is 0.354. The molecule has 1 amide bonds. The third-order valence-corrected chi connectivity index (χ3v) is 4.47. The first kappa shape index (κ1) is 16.0. The third-order valence-electron chi connectivity index (χ3n) is 4.47. The van der Waals surface area contributed by atoms with E-state index in [-0.39, 0.29) is 0 Å². The molecule has 1 heterocycles. The number of benzene rings is 1. The van der Waals surface area contributed by atoms with Gasteiger partial charge in [0.25, 0.3) is 5.91 Å². The fourth-order valence-corrected chi connectivity index (χ4v) is 2.71. The topological polar surface area (TPSA) is 82.5 Å². The van der Waals surface area contributed by atoms with Crippen molar-refractivity contribution >= 4 is 23.4 Å². The average Bonchev–Trinajstić information content (AvgIpc) is 2.58. The van der Waals surface area contributed by atoms with Gasteiger partial charge in [0.05, 0.1) is 5.56 Å². The Bertz CT molecular complexity index is 740. The summed E-state index contributed by atoms with van der Waals surface area (Å²) in [5.74, 6) is -0.677. The van der Waals surface area contributed by atoms with Gasteiger partial charge in [0, 0.05) is 18.9 Å². The number of hydrogen-bond acceptors (Lipinski definition) is 4. The van der Waals surface area contributed by atoms with Crippen molar-refractivity contribution in [2.24, 2.45) is 0 Å². The van der Waals surface area contributed by atoms with E-state index in [1.165, 1.54) is 6.20 Å². The van der Waals surface area contributed by atoms with Crippen LogP contribution < -0.4 is 10.2 Å². The molecule has 1 saturated carbocycles. The molecule has 24 heavy (non-hydrogen) atoms. The third kappa shape index (κ3) is 2.95. The molecular formula is C18H19N3O3. The van der Waals surface area contributed by atoms with E-state index in [1.54, 1.807) is 12.1 Å². The Kier molecular flexibility index (Phi) is 4.20. The Morgan fingerprint density at radius 2 is 1.88 bits per heavy atom. The number of carboxylic acids is 1. The fourth-order valence-electron chi connectivity index (χ4n) is 2.71. The number of nitrogens with one attached hydrogen (secondary N) is 1. The average molecular weight is 325 g/mol. The van der Waals surface area contributed by atoms with Gasteiger partial charge in [-0.1, -0.05) is 18.2 Å². The molecule has 0 radical (unpaired) electrons. The van der Waals surface area contributed by atoms with Crippen molar-refractivity contribution < 1.29 is 14.7 Å². The summed E-state index contributed by atoms with van der Waals surface area (Å²) in [7, 11) is 1.89. The molecule has 0 spiro atoms. The molecular weight excluding hydrogens is 306 g/mol. The Morgan fingerprint density at radius 1 is 1.17 bits per heavy atom. The Balaban J connectivity index is 1.72. The van der Waals surface area contributed by atoms with Crippen molar-refractivity contribution in [3.8, 4) is 0 Å². The molecule has 0 unspecified atom stereocenters. The number of carbonyl (C=O) groups is 2. The number of para-hydroxylation sites is 1. The summed E-state index contributed by atoms with van der Waals surface area (Å²) in [5, 5.41) is 11.9. The Hall–Kier alpha value is -2.89. The minimum atomic E-state index is -1.11. The van der Waals surface area contributed by atoms with Crippen LogP contribution in [0.2, 0.25) is 0 Å². The van der Waals surface area contributed by atoms with Gasteiger partial charge in [-0.2, -0.15) is 0 Å². The molecule has 1 aromatic heterocycles. The van der Waals surface area contributed by atoms with Crippen molar-refractivity contribution in [3.63, 3.8) is 0 Å². The molecule has 6 nitrogen and oxygen atoms in total. The van der Waals surface area contributed by atoms with Crippen molar-refractivity contribution in [1.29, 1.82) is 0 Å². The molecule has 0 bridgehead atoms. The summed E-state index contributed by atoms with van der Waals surface area (Å²) in [4.78, 5) is 29.8. The lowest BCUT2D eigenvalue weighted by molar-refractivity contribution is -0.148. The van der Waals surface area contributed by atoms with Crippen LogP contribution in [0.3, 0.4) is 0 Å². The summed E-state index contributed by atoms with van der Waals surface area (Å²) < 4.78 is 0. The number of pyridine rings is 1. The van der Waals surface area contributed by atoms with Gasteiger partial charge in [0.2, 0.25) is 0 Å². The number of carbonyl (C=O) groups excluding carboxylic acids is 1. The molecule has 124 valence electrons. The summed E-state index contributed by atoms with van der Waals surface area (Å²) in [5.41, 5.74) is 0.227. The molecule has 3 rings (SSSR count). The maximum absolute atomic E-state index is 12.3. The maximum atomic E-state index is 12.3. The van der Waals surface area contributed by atoms with Gasteiger partial charge in [-0.25, -0.2) is 9.78 Å². The molecule has 2 N–H and O–H groups in total. The zero-order valence-corrected chi connectivity index (χ0v) is 13.4. The molecule has 1 fully saturated rings. The molecule has 0 aliphatic heterocycles. The summed E-state index contributed by atoms with van der Waals surface area (Å²) in [6.45, 7) is 0. The van der Waals surface area contributed by atoms with Crippen LogP contribution >= 0.6 is 0 Å². The van der Waals surface area contributed by atoms with Gasteiger partial charge in [-0.15, -0.1) is 0 Å². The number of hydrogen-bond donors (Lipinski definition) is 2. The van der Waals surface area contributed by atoms with Crippen LogP contribution in [-0.4, -0.2) is 34.6 Å². The lowest BCUT2D eigenvalue weighted by Gasteiger charge is -2.38. The predicted molar refractivity (Wildman–Crippen MR) is 90.4 cm³/mol. The van der Waals surface area contributed by atoms with Gasteiger partial charge in [0.15, 0.2) is 0 Å². The molecule has 1 aliphatic carbocycles. The smallest absolute Gasteiger partial charge is 0.329 e. The number of aromatic nitrogens is 1. The molecule has 0 saturated heterocycles. The van der Waals surface area contributed by atoms with Crippen LogP contribution in [0, 0.1) is 0 Å². The predicted octanol–water partition coefficient (Wildman–Crippen LogP) is 2.59. The number of carboxylic acid groups (broad SMARTS) is 1. The van der Waals surface area contributed by atoms with E-state index < -0.39 is 17.4 Å². The number of nitrogens with zero attached hydrogens (tertiary/aromatic N) is 2. The van der Waals surface area contributed by atoms with Gasteiger partial charge < -0.3 is 15.3 Å². The van der Waals surface area contributed by atoms with Crippen molar-refractivity contribution in [3.05, 3.63) is 54.2 Å². The first-order valence-electron chi connectivity index (χ1n) is 7.83. The summed E-state index contributed by atoms with van der Waals surface area (Å²) >= 11 is 0. The zero-order chi connectivity index (χ0) is 17.2. The van der Waals surface area contributed by atoms with Crippen molar-refractivity contribution in [2.45, 2.75) is 24.8 Å². The van der Waals surface area contributed by atoms with Gasteiger partial charge >= 0.3 is 5.97 Å². The Morgan fingerprint density at radius 3 is 2.38 bits per heavy atom. The highest BCUT2D eigenvalue weighted by atomic mass is 16.4. The standard InChI is InChI=1S/C18H19N3O3/c1-21(14-6-3-2-4-7-14)15-9-8-13(12-19-15)16(22)20-18(17(23)24)10-5-11-18/h2-4,6-9,12H,5,10-11H2,1H3,(H,20,22)(H,23,24). The van der Waals surface area contributed by atoms with Crippen LogP contribution in [0.15, 0.2) is 48.7 Å².